The molecule has 0 radical (unpaired) electrons. The highest BCUT2D eigenvalue weighted by Crippen LogP contribution is 2.34. The van der Waals surface area contributed by atoms with Crippen LogP contribution in [0.15, 0.2) is 46.6 Å². The fourth-order valence-electron chi connectivity index (χ4n) is 2.96. The van der Waals surface area contributed by atoms with E-state index in [1.165, 1.54) is 19.4 Å². The van der Waals surface area contributed by atoms with Crippen LogP contribution in [0.1, 0.15) is 30.5 Å². The standard InChI is InChI=1S/C22H21ClF3N3O3S/c1-12(2)32-17-7-4-13(8-18(17)31-3)11-27-29-21-28-20(30)19(33-21)10-14-9-15(22(24,25)26)5-6-16(14)23/h4-9,11-12,19H,10H2,1-3H3,(H,28,29,30)/b27-11+. The van der Waals surface area contributed by atoms with Crippen LogP contribution in [0.3, 0.4) is 0 Å². The molecule has 11 heteroatoms. The van der Waals surface area contributed by atoms with Crippen LogP contribution in [0.5, 0.6) is 11.5 Å². The Morgan fingerprint density at radius 1 is 1.21 bits per heavy atom. The second-order valence-corrected chi connectivity index (χ2v) is 8.93. The summed E-state index contributed by atoms with van der Waals surface area (Å²) in [5.74, 6) is 0.770. The molecule has 176 valence electrons. The van der Waals surface area contributed by atoms with Crippen LogP contribution in [0.4, 0.5) is 13.2 Å². The van der Waals surface area contributed by atoms with Crippen molar-refractivity contribution in [1.82, 2.24) is 5.32 Å². The Morgan fingerprint density at radius 2 is 1.97 bits per heavy atom. The summed E-state index contributed by atoms with van der Waals surface area (Å²) in [5, 5.41) is 10.3. The van der Waals surface area contributed by atoms with Gasteiger partial charge in [-0.1, -0.05) is 23.4 Å². The fraction of sp³-hybridized carbons (Fsp3) is 0.318. The van der Waals surface area contributed by atoms with Crippen LogP contribution in [0, 0.1) is 0 Å². The number of carbonyl (C=O) groups excluding carboxylic acids is 1. The zero-order valence-corrected chi connectivity index (χ0v) is 19.5. The summed E-state index contributed by atoms with van der Waals surface area (Å²) in [5.41, 5.74) is 0.123. The molecule has 6 nitrogen and oxygen atoms in total. The SMILES string of the molecule is COc1cc(/C=N/N=C2\NC(=O)C(Cc3cc(C(F)(F)F)ccc3Cl)S2)ccc1OC(C)C. The van der Waals surface area contributed by atoms with Gasteiger partial charge in [-0.05, 0) is 67.8 Å². The molecular formula is C22H21ClF3N3O3S. The highest BCUT2D eigenvalue weighted by atomic mass is 35.5. The third-order valence-corrected chi connectivity index (χ3v) is 5.90. The Labute approximate surface area is 198 Å². The first-order chi connectivity index (χ1) is 15.6. The van der Waals surface area contributed by atoms with E-state index < -0.39 is 17.0 Å². The van der Waals surface area contributed by atoms with Gasteiger partial charge in [0.2, 0.25) is 5.91 Å². The average Bonchev–Trinajstić information content (AvgIpc) is 3.08. The normalized spacial score (nSPS) is 17.8. The van der Waals surface area contributed by atoms with Crippen LogP contribution < -0.4 is 14.8 Å². The molecule has 1 heterocycles. The quantitative estimate of drug-likeness (QED) is 0.413. The summed E-state index contributed by atoms with van der Waals surface area (Å²) in [6.45, 7) is 3.82. The summed E-state index contributed by atoms with van der Waals surface area (Å²) in [7, 11) is 1.53. The van der Waals surface area contributed by atoms with Crippen molar-refractivity contribution < 1.29 is 27.4 Å². The highest BCUT2D eigenvalue weighted by Gasteiger charge is 2.34. The van der Waals surface area contributed by atoms with Gasteiger partial charge in [0.05, 0.1) is 30.2 Å². The molecule has 1 aliphatic heterocycles. The van der Waals surface area contributed by atoms with E-state index in [4.69, 9.17) is 21.1 Å². The molecule has 1 aliphatic rings. The molecule has 2 aromatic rings. The monoisotopic (exact) mass is 499 g/mol. The van der Waals surface area contributed by atoms with Gasteiger partial charge >= 0.3 is 6.18 Å². The number of halogens is 4. The van der Waals surface area contributed by atoms with E-state index in [1.54, 1.807) is 18.2 Å². The zero-order chi connectivity index (χ0) is 24.2. The van der Waals surface area contributed by atoms with E-state index in [2.05, 4.69) is 15.5 Å². The lowest BCUT2D eigenvalue weighted by Gasteiger charge is -2.13. The van der Waals surface area contributed by atoms with Crippen molar-refractivity contribution in [2.75, 3.05) is 7.11 Å². The summed E-state index contributed by atoms with van der Waals surface area (Å²) in [6.07, 6.45) is -2.99. The van der Waals surface area contributed by atoms with E-state index in [-0.39, 0.29) is 34.2 Å². The maximum absolute atomic E-state index is 13.0. The molecule has 0 aliphatic carbocycles. The van der Waals surface area contributed by atoms with Crippen molar-refractivity contribution in [2.24, 2.45) is 10.2 Å². The van der Waals surface area contributed by atoms with Gasteiger partial charge in [-0.2, -0.15) is 18.3 Å². The number of hydrogen-bond acceptors (Lipinski definition) is 6. The molecule has 1 N–H and O–H groups in total. The van der Waals surface area contributed by atoms with Crippen molar-refractivity contribution in [3.63, 3.8) is 0 Å². The van der Waals surface area contributed by atoms with Crippen LogP contribution in [-0.2, 0) is 17.4 Å². The number of nitrogens with one attached hydrogen (secondary N) is 1. The lowest BCUT2D eigenvalue weighted by Crippen LogP contribution is -2.26. The van der Waals surface area contributed by atoms with E-state index in [0.717, 1.165) is 23.9 Å². The van der Waals surface area contributed by atoms with Gasteiger partial charge in [0.15, 0.2) is 16.7 Å². The van der Waals surface area contributed by atoms with Crippen molar-refractivity contribution >= 4 is 40.7 Å². The Morgan fingerprint density at radius 3 is 2.64 bits per heavy atom. The molecule has 1 fully saturated rings. The molecule has 1 unspecified atom stereocenters. The molecule has 33 heavy (non-hydrogen) atoms. The maximum atomic E-state index is 13.0. The number of rotatable bonds is 7. The van der Waals surface area contributed by atoms with Crippen LogP contribution in [-0.4, -0.2) is 35.8 Å². The number of nitrogens with zero attached hydrogens (tertiary/aromatic N) is 2. The molecule has 0 saturated carbocycles. The lowest BCUT2D eigenvalue weighted by molar-refractivity contribution is -0.137. The van der Waals surface area contributed by atoms with Gasteiger partial charge in [-0.25, -0.2) is 0 Å². The third kappa shape index (κ3) is 6.64. The minimum atomic E-state index is -4.49. The molecule has 1 saturated heterocycles. The number of benzene rings is 2. The van der Waals surface area contributed by atoms with E-state index in [9.17, 15) is 18.0 Å². The maximum Gasteiger partial charge on any atom is 0.416 e. The van der Waals surface area contributed by atoms with Gasteiger partial charge in [-0.15, -0.1) is 5.10 Å². The van der Waals surface area contributed by atoms with E-state index >= 15 is 0 Å². The molecule has 2 aromatic carbocycles. The van der Waals surface area contributed by atoms with Gasteiger partial charge in [-0.3, -0.25) is 4.79 Å². The largest absolute Gasteiger partial charge is 0.493 e. The molecule has 1 atom stereocenters. The topological polar surface area (TPSA) is 72.3 Å². The predicted molar refractivity (Wildman–Crippen MR) is 123 cm³/mol. The first-order valence-corrected chi connectivity index (χ1v) is 11.1. The Balaban J connectivity index is 1.68. The molecule has 3 rings (SSSR count). The highest BCUT2D eigenvalue weighted by molar-refractivity contribution is 8.15. The first kappa shape index (κ1) is 24.9. The van der Waals surface area contributed by atoms with E-state index in [0.29, 0.717) is 17.1 Å². The van der Waals surface area contributed by atoms with Gasteiger partial charge in [0.1, 0.15) is 0 Å². The summed E-state index contributed by atoms with van der Waals surface area (Å²) in [4.78, 5) is 12.3. The van der Waals surface area contributed by atoms with Crippen molar-refractivity contribution in [3.8, 4) is 11.5 Å². The zero-order valence-electron chi connectivity index (χ0n) is 17.9. The van der Waals surface area contributed by atoms with Crippen LogP contribution in [0.25, 0.3) is 0 Å². The van der Waals surface area contributed by atoms with Crippen molar-refractivity contribution in [3.05, 3.63) is 58.1 Å². The minimum absolute atomic E-state index is 0.00779. The molecule has 0 spiro atoms. The van der Waals surface area contributed by atoms with Crippen LogP contribution >= 0.6 is 23.4 Å². The second-order valence-electron chi connectivity index (χ2n) is 7.33. The predicted octanol–water partition coefficient (Wildman–Crippen LogP) is 5.32. The number of methoxy groups -OCH3 is 1. The number of carbonyl (C=O) groups is 1. The van der Waals surface area contributed by atoms with Crippen LogP contribution in [0.2, 0.25) is 5.02 Å². The molecule has 0 aromatic heterocycles. The Hall–Kier alpha value is -2.72. The minimum Gasteiger partial charge on any atom is -0.493 e. The summed E-state index contributed by atoms with van der Waals surface area (Å²) >= 11 is 7.12. The van der Waals surface area contributed by atoms with Gasteiger partial charge < -0.3 is 14.8 Å². The van der Waals surface area contributed by atoms with E-state index in [1.807, 2.05) is 13.8 Å². The van der Waals surface area contributed by atoms with Crippen molar-refractivity contribution in [1.29, 1.82) is 0 Å². The fourth-order valence-corrected chi connectivity index (χ4v) is 4.10. The smallest absolute Gasteiger partial charge is 0.416 e. The van der Waals surface area contributed by atoms with Crippen molar-refractivity contribution in [2.45, 2.75) is 37.8 Å². The number of alkyl halides is 3. The second kappa shape index (κ2) is 10.5. The number of amides is 1. The van der Waals surface area contributed by atoms with Gasteiger partial charge in [0.25, 0.3) is 0 Å². The lowest BCUT2D eigenvalue weighted by atomic mass is 10.1. The Kier molecular flexibility index (Phi) is 7.91. The number of ether oxygens (including phenoxy) is 2. The molecular weight excluding hydrogens is 479 g/mol. The molecule has 1 amide bonds. The summed E-state index contributed by atoms with van der Waals surface area (Å²) < 4.78 is 49.9. The first-order valence-electron chi connectivity index (χ1n) is 9.85. The summed E-state index contributed by atoms with van der Waals surface area (Å²) in [6, 6.07) is 8.33. The van der Waals surface area contributed by atoms with Gasteiger partial charge in [0, 0.05) is 5.02 Å². The third-order valence-electron chi connectivity index (χ3n) is 4.46. The number of hydrogen-bond donors (Lipinski definition) is 1. The number of amidine groups is 1. The Bertz CT molecular complexity index is 1090. The average molecular weight is 500 g/mol. The number of thioether (sulfide) groups is 1. The molecule has 0 bridgehead atoms.